The fourth-order valence-corrected chi connectivity index (χ4v) is 2.36. The van der Waals surface area contributed by atoms with Crippen LogP contribution >= 0.6 is 0 Å². The largest absolute Gasteiger partial charge is 0.454 e. The van der Waals surface area contributed by atoms with Crippen molar-refractivity contribution in [2.75, 3.05) is 6.79 Å². The first kappa shape index (κ1) is 15.9. The van der Waals surface area contributed by atoms with E-state index in [1.807, 2.05) is 19.9 Å². The molecule has 2 rings (SSSR count). The second-order valence-corrected chi connectivity index (χ2v) is 5.94. The van der Waals surface area contributed by atoms with Crippen LogP contribution in [0.5, 0.6) is 11.5 Å². The van der Waals surface area contributed by atoms with Crippen LogP contribution in [0, 0.1) is 0 Å². The van der Waals surface area contributed by atoms with Crippen LogP contribution in [0.3, 0.4) is 0 Å². The molecule has 3 heteroatoms. The van der Waals surface area contributed by atoms with Gasteiger partial charge in [-0.05, 0) is 63.1 Å². The fourth-order valence-electron chi connectivity index (χ4n) is 2.36. The summed E-state index contributed by atoms with van der Waals surface area (Å²) in [5.74, 6) is 1.70. The van der Waals surface area contributed by atoms with Crippen LogP contribution < -0.4 is 9.47 Å². The summed E-state index contributed by atoms with van der Waals surface area (Å²) in [7, 11) is 0. The lowest BCUT2D eigenvalue weighted by Gasteiger charge is -2.20. The lowest BCUT2D eigenvalue weighted by molar-refractivity contribution is 0.0452. The molecule has 1 atom stereocenters. The first-order chi connectivity index (χ1) is 10.1. The third-order valence-corrected chi connectivity index (χ3v) is 4.05. The minimum absolute atomic E-state index is 0.334. The van der Waals surface area contributed by atoms with Crippen molar-refractivity contribution in [1.82, 2.24) is 0 Å². The molecule has 1 aromatic rings. The first-order valence-electron chi connectivity index (χ1n) is 7.86. The van der Waals surface area contributed by atoms with Gasteiger partial charge in [-0.25, -0.2) is 0 Å². The number of allylic oxidation sites excluding steroid dienone is 2. The zero-order chi connectivity index (χ0) is 15.1. The Bertz CT molecular complexity index is 477. The summed E-state index contributed by atoms with van der Waals surface area (Å²) in [6.45, 7) is 4.28. The number of hydrogen-bond donors (Lipinski definition) is 1. The van der Waals surface area contributed by atoms with E-state index in [2.05, 4.69) is 24.3 Å². The Morgan fingerprint density at radius 1 is 1.19 bits per heavy atom. The highest BCUT2D eigenvalue weighted by atomic mass is 16.7. The summed E-state index contributed by atoms with van der Waals surface area (Å²) in [5.41, 5.74) is 0.776. The van der Waals surface area contributed by atoms with Crippen LogP contribution in [0.25, 0.3) is 0 Å². The van der Waals surface area contributed by atoms with Gasteiger partial charge in [0, 0.05) is 0 Å². The van der Waals surface area contributed by atoms with Gasteiger partial charge in [0.05, 0.1) is 5.60 Å². The molecule has 116 valence electrons. The third-order valence-electron chi connectivity index (χ3n) is 4.05. The van der Waals surface area contributed by atoms with Gasteiger partial charge in [0.2, 0.25) is 6.79 Å². The van der Waals surface area contributed by atoms with E-state index >= 15 is 0 Å². The van der Waals surface area contributed by atoms with Gasteiger partial charge in [0.25, 0.3) is 0 Å². The van der Waals surface area contributed by atoms with Crippen LogP contribution in [-0.4, -0.2) is 17.5 Å². The van der Waals surface area contributed by atoms with Gasteiger partial charge >= 0.3 is 0 Å². The van der Waals surface area contributed by atoms with Gasteiger partial charge < -0.3 is 14.6 Å². The van der Waals surface area contributed by atoms with Gasteiger partial charge in [0.15, 0.2) is 11.5 Å². The van der Waals surface area contributed by atoms with Crippen LogP contribution in [0.15, 0.2) is 30.4 Å². The van der Waals surface area contributed by atoms with E-state index in [-0.39, 0.29) is 0 Å². The summed E-state index contributed by atoms with van der Waals surface area (Å²) >= 11 is 0. The van der Waals surface area contributed by atoms with Gasteiger partial charge in [-0.1, -0.05) is 25.1 Å². The molecule has 0 saturated carbocycles. The van der Waals surface area contributed by atoms with E-state index < -0.39 is 5.60 Å². The second kappa shape index (κ2) is 7.51. The number of hydrogen-bond acceptors (Lipinski definition) is 3. The highest BCUT2D eigenvalue weighted by molar-refractivity contribution is 5.44. The maximum Gasteiger partial charge on any atom is 0.231 e. The minimum Gasteiger partial charge on any atom is -0.454 e. The number of ether oxygens (including phenoxy) is 2. The topological polar surface area (TPSA) is 38.7 Å². The molecule has 0 aromatic heterocycles. The maximum atomic E-state index is 9.91. The van der Waals surface area contributed by atoms with Crippen molar-refractivity contribution in [3.8, 4) is 11.5 Å². The molecule has 1 aliphatic heterocycles. The van der Waals surface area contributed by atoms with Crippen molar-refractivity contribution in [3.05, 3.63) is 35.9 Å². The van der Waals surface area contributed by atoms with Crippen molar-refractivity contribution in [2.24, 2.45) is 0 Å². The number of unbranched alkanes of at least 4 members (excludes halogenated alkanes) is 1. The summed E-state index contributed by atoms with van der Waals surface area (Å²) in [4.78, 5) is 0. The van der Waals surface area contributed by atoms with E-state index in [0.29, 0.717) is 6.79 Å². The molecule has 0 spiro atoms. The molecule has 21 heavy (non-hydrogen) atoms. The predicted molar refractivity (Wildman–Crippen MR) is 84.8 cm³/mol. The van der Waals surface area contributed by atoms with Crippen molar-refractivity contribution >= 4 is 0 Å². The van der Waals surface area contributed by atoms with Crippen molar-refractivity contribution < 1.29 is 14.6 Å². The Balaban J connectivity index is 1.64. The van der Waals surface area contributed by atoms with Gasteiger partial charge in [0.1, 0.15) is 0 Å². The Labute approximate surface area is 127 Å². The minimum atomic E-state index is -0.500. The monoisotopic (exact) mass is 290 g/mol. The Morgan fingerprint density at radius 2 is 1.95 bits per heavy atom. The van der Waals surface area contributed by atoms with E-state index in [9.17, 15) is 5.11 Å². The Hall–Kier alpha value is -1.48. The molecule has 1 unspecified atom stereocenters. The zero-order valence-electron chi connectivity index (χ0n) is 13.1. The van der Waals surface area contributed by atoms with Gasteiger partial charge in [-0.15, -0.1) is 0 Å². The summed E-state index contributed by atoms with van der Waals surface area (Å²) in [5, 5.41) is 9.91. The molecule has 0 fully saturated rings. The lowest BCUT2D eigenvalue weighted by atomic mass is 9.96. The van der Waals surface area contributed by atoms with Gasteiger partial charge in [-0.3, -0.25) is 0 Å². The van der Waals surface area contributed by atoms with Crippen molar-refractivity contribution in [1.29, 1.82) is 0 Å². The molecule has 0 aliphatic carbocycles. The SMILES string of the molecule is CCC(C)(O)CCC/C=C/CCc1ccc2c(c1)OCO2. The van der Waals surface area contributed by atoms with E-state index in [1.54, 1.807) is 0 Å². The predicted octanol–water partition coefficient (Wildman–Crippen LogP) is 4.24. The van der Waals surface area contributed by atoms with Crippen LogP contribution in [-0.2, 0) is 6.42 Å². The van der Waals surface area contributed by atoms with E-state index in [4.69, 9.17) is 9.47 Å². The molecule has 3 nitrogen and oxygen atoms in total. The molecule has 0 radical (unpaired) electrons. The number of fused-ring (bicyclic) bond motifs is 1. The average Bonchev–Trinajstić information content (AvgIpc) is 2.93. The highest BCUT2D eigenvalue weighted by Gasteiger charge is 2.15. The number of benzene rings is 1. The summed E-state index contributed by atoms with van der Waals surface area (Å²) < 4.78 is 10.7. The van der Waals surface area contributed by atoms with Crippen molar-refractivity contribution in [3.63, 3.8) is 0 Å². The average molecular weight is 290 g/mol. The molecule has 1 aliphatic rings. The number of rotatable bonds is 8. The van der Waals surface area contributed by atoms with Gasteiger partial charge in [-0.2, -0.15) is 0 Å². The third kappa shape index (κ3) is 5.09. The molecule has 0 bridgehead atoms. The Kier molecular flexibility index (Phi) is 5.68. The molecule has 1 N–H and O–H groups in total. The summed E-state index contributed by atoms with van der Waals surface area (Å²) in [6.07, 6.45) is 10.3. The molecule has 1 heterocycles. The number of aliphatic hydroxyl groups is 1. The molecule has 0 amide bonds. The van der Waals surface area contributed by atoms with Crippen LogP contribution in [0.1, 0.15) is 51.5 Å². The van der Waals surface area contributed by atoms with Crippen molar-refractivity contribution in [2.45, 2.75) is 58.0 Å². The van der Waals surface area contributed by atoms with E-state index in [1.165, 1.54) is 5.56 Å². The fraction of sp³-hybridized carbons (Fsp3) is 0.556. The molecule has 1 aromatic carbocycles. The second-order valence-electron chi connectivity index (χ2n) is 5.94. The molecular formula is C18H26O3. The van der Waals surface area contributed by atoms with E-state index in [0.717, 1.165) is 50.0 Å². The van der Waals surface area contributed by atoms with Crippen LogP contribution in [0.4, 0.5) is 0 Å². The zero-order valence-corrected chi connectivity index (χ0v) is 13.1. The lowest BCUT2D eigenvalue weighted by Crippen LogP contribution is -2.21. The smallest absolute Gasteiger partial charge is 0.231 e. The quantitative estimate of drug-likeness (QED) is 0.575. The molecular weight excluding hydrogens is 264 g/mol. The highest BCUT2D eigenvalue weighted by Crippen LogP contribution is 2.32. The first-order valence-corrected chi connectivity index (χ1v) is 7.86. The van der Waals surface area contributed by atoms with Crippen LogP contribution in [0.2, 0.25) is 0 Å². The number of aryl methyl sites for hydroxylation is 1. The molecule has 0 saturated heterocycles. The summed E-state index contributed by atoms with van der Waals surface area (Å²) in [6, 6.07) is 6.14. The standard InChI is InChI=1S/C18H26O3/c1-3-18(2,19)12-8-6-4-5-7-9-15-10-11-16-17(13-15)21-14-20-16/h4-5,10-11,13,19H,3,6-9,12,14H2,1-2H3/b5-4+. The Morgan fingerprint density at radius 3 is 2.76 bits per heavy atom. The normalized spacial score (nSPS) is 16.3. The maximum absolute atomic E-state index is 9.91.